The van der Waals surface area contributed by atoms with Gasteiger partial charge in [0.1, 0.15) is 36.6 Å². The van der Waals surface area contributed by atoms with Crippen LogP contribution in [0.25, 0.3) is 0 Å². The topological polar surface area (TPSA) is 172 Å². The number of rotatable bonds is 5. The van der Waals surface area contributed by atoms with Gasteiger partial charge in [0.05, 0.1) is 25.3 Å². The first kappa shape index (κ1) is 19.7. The summed E-state index contributed by atoms with van der Waals surface area (Å²) < 4.78 is 10.2. The van der Waals surface area contributed by atoms with Gasteiger partial charge >= 0.3 is 0 Å². The number of methoxy groups -OCH3 is 1. The van der Waals surface area contributed by atoms with Gasteiger partial charge in [0.2, 0.25) is 0 Å². The molecule has 8 N–H and O–H groups in total. The molecule has 1 fully saturated rings. The summed E-state index contributed by atoms with van der Waals surface area (Å²) in [6.07, 6.45) is -7.90. The van der Waals surface area contributed by atoms with Crippen molar-refractivity contribution in [2.45, 2.75) is 55.0 Å². The van der Waals surface area contributed by atoms with Crippen molar-refractivity contribution in [1.29, 1.82) is 0 Å². The van der Waals surface area contributed by atoms with Crippen molar-refractivity contribution in [3.05, 3.63) is 11.6 Å². The summed E-state index contributed by atoms with van der Waals surface area (Å²) in [5.41, 5.74) is 0.104. The van der Waals surface area contributed by atoms with Gasteiger partial charge in [-0.15, -0.1) is 0 Å². The molecule has 0 aromatic heterocycles. The molecule has 140 valence electrons. The largest absolute Gasteiger partial charge is 0.394 e. The van der Waals surface area contributed by atoms with Crippen molar-refractivity contribution >= 4 is 0 Å². The fourth-order valence-electron chi connectivity index (χ4n) is 3.05. The van der Waals surface area contributed by atoms with E-state index in [0.29, 0.717) is 0 Å². The maximum atomic E-state index is 10.3. The minimum Gasteiger partial charge on any atom is -0.394 e. The number of aliphatic hydroxyl groups excluding tert-OH is 7. The van der Waals surface area contributed by atoms with E-state index in [4.69, 9.17) is 9.47 Å². The predicted molar refractivity (Wildman–Crippen MR) is 78.7 cm³/mol. The summed E-state index contributed by atoms with van der Waals surface area (Å²) in [4.78, 5) is 0. The molecule has 1 aliphatic heterocycles. The molecule has 0 saturated carbocycles. The first-order valence-corrected chi connectivity index (χ1v) is 7.62. The molecule has 1 saturated heterocycles. The third-order valence-electron chi connectivity index (χ3n) is 4.50. The van der Waals surface area contributed by atoms with E-state index < -0.39 is 68.2 Å². The van der Waals surface area contributed by atoms with Crippen LogP contribution in [-0.4, -0.2) is 111 Å². The highest BCUT2D eigenvalue weighted by Crippen LogP contribution is 2.25. The first-order valence-electron chi connectivity index (χ1n) is 7.62. The minimum atomic E-state index is -1.54. The fourth-order valence-corrected chi connectivity index (χ4v) is 3.05. The quantitative estimate of drug-likeness (QED) is 0.225. The summed E-state index contributed by atoms with van der Waals surface area (Å²) in [6.45, 7) is -1.02. The molecule has 2 rings (SSSR count). The lowest BCUT2D eigenvalue weighted by Crippen LogP contribution is -2.67. The maximum Gasteiger partial charge on any atom is 0.186 e. The van der Waals surface area contributed by atoms with Crippen molar-refractivity contribution in [2.24, 2.45) is 0 Å². The lowest BCUT2D eigenvalue weighted by molar-refractivity contribution is -0.273. The van der Waals surface area contributed by atoms with E-state index in [1.165, 1.54) is 13.2 Å². The summed E-state index contributed by atoms with van der Waals surface area (Å²) in [6, 6.07) is -1.94. The predicted octanol–water partition coefficient (Wildman–Crippen LogP) is -4.59. The second-order valence-corrected chi connectivity index (χ2v) is 5.99. The van der Waals surface area contributed by atoms with Crippen molar-refractivity contribution < 1.29 is 45.2 Å². The summed E-state index contributed by atoms with van der Waals surface area (Å²) in [5.74, 6) is 0. The van der Waals surface area contributed by atoms with Crippen LogP contribution < -0.4 is 5.32 Å². The van der Waals surface area contributed by atoms with E-state index in [2.05, 4.69) is 5.32 Å². The van der Waals surface area contributed by atoms with Gasteiger partial charge in [-0.3, -0.25) is 0 Å². The zero-order valence-electron chi connectivity index (χ0n) is 13.1. The van der Waals surface area contributed by atoms with Crippen LogP contribution in [0.4, 0.5) is 0 Å². The van der Waals surface area contributed by atoms with Crippen LogP contribution >= 0.6 is 0 Å². The van der Waals surface area contributed by atoms with Crippen molar-refractivity contribution in [3.63, 3.8) is 0 Å². The average Bonchev–Trinajstić information content (AvgIpc) is 2.59. The van der Waals surface area contributed by atoms with E-state index in [-0.39, 0.29) is 5.57 Å². The Bertz CT molecular complexity index is 446. The Labute approximate surface area is 138 Å². The fraction of sp³-hybridized carbons (Fsp3) is 0.857. The highest BCUT2D eigenvalue weighted by molar-refractivity contribution is 5.22. The Balaban J connectivity index is 2.19. The van der Waals surface area contributed by atoms with Crippen molar-refractivity contribution in [3.8, 4) is 0 Å². The van der Waals surface area contributed by atoms with Crippen LogP contribution in [-0.2, 0) is 9.47 Å². The van der Waals surface area contributed by atoms with Crippen LogP contribution in [0.1, 0.15) is 0 Å². The van der Waals surface area contributed by atoms with Gasteiger partial charge < -0.3 is 50.5 Å². The second kappa shape index (κ2) is 8.15. The zero-order valence-corrected chi connectivity index (χ0v) is 13.1. The number of hydrogen-bond acceptors (Lipinski definition) is 10. The van der Waals surface area contributed by atoms with E-state index in [1.54, 1.807) is 0 Å². The molecule has 0 bridgehead atoms. The highest BCUT2D eigenvalue weighted by atomic mass is 16.7. The van der Waals surface area contributed by atoms with Crippen molar-refractivity contribution in [1.82, 2.24) is 5.32 Å². The lowest BCUT2D eigenvalue weighted by atomic mass is 9.86. The molecule has 9 atom stereocenters. The Kier molecular flexibility index (Phi) is 6.67. The van der Waals surface area contributed by atoms with E-state index in [1.807, 2.05) is 0 Å². The van der Waals surface area contributed by atoms with Gasteiger partial charge in [0.15, 0.2) is 6.29 Å². The van der Waals surface area contributed by atoms with Gasteiger partial charge in [-0.2, -0.15) is 0 Å². The van der Waals surface area contributed by atoms with Gasteiger partial charge in [0, 0.05) is 7.11 Å². The standard InChI is InChI=1S/C14H25NO9/c1-23-14-13(22)11(20)8(7(4-17)24-14)15-6-2-5(3-16)9(18)12(21)10(6)19/h2,6-22H,3-4H2,1H3/t6?,7-,8?,9?,10?,11+,12-,13?,14?/m1/s1. The maximum absolute atomic E-state index is 10.3. The zero-order chi connectivity index (χ0) is 18.0. The molecule has 24 heavy (non-hydrogen) atoms. The van der Waals surface area contributed by atoms with E-state index in [0.717, 1.165) is 0 Å². The molecule has 2 aliphatic rings. The normalized spacial score (nSPS) is 46.7. The monoisotopic (exact) mass is 351 g/mol. The molecule has 0 aromatic carbocycles. The molecule has 0 aromatic rings. The molecule has 1 heterocycles. The Morgan fingerprint density at radius 3 is 2.25 bits per heavy atom. The molecular weight excluding hydrogens is 326 g/mol. The summed E-state index contributed by atoms with van der Waals surface area (Å²) in [5, 5.41) is 71.4. The lowest BCUT2D eigenvalue weighted by Gasteiger charge is -2.44. The van der Waals surface area contributed by atoms with Crippen LogP contribution in [0, 0.1) is 0 Å². The van der Waals surface area contributed by atoms with E-state index in [9.17, 15) is 35.7 Å². The smallest absolute Gasteiger partial charge is 0.186 e. The van der Waals surface area contributed by atoms with Crippen molar-refractivity contribution in [2.75, 3.05) is 20.3 Å². The van der Waals surface area contributed by atoms with Crippen LogP contribution in [0.5, 0.6) is 0 Å². The third-order valence-corrected chi connectivity index (χ3v) is 4.50. The Morgan fingerprint density at radius 1 is 1.04 bits per heavy atom. The molecular formula is C14H25NO9. The van der Waals surface area contributed by atoms with Crippen LogP contribution in [0.2, 0.25) is 0 Å². The summed E-state index contributed by atoms with van der Waals surface area (Å²) >= 11 is 0. The minimum absolute atomic E-state index is 0.104. The van der Waals surface area contributed by atoms with Gasteiger partial charge in [0.25, 0.3) is 0 Å². The van der Waals surface area contributed by atoms with Gasteiger partial charge in [-0.05, 0) is 5.57 Å². The summed E-state index contributed by atoms with van der Waals surface area (Å²) in [7, 11) is 1.28. The average molecular weight is 351 g/mol. The molecule has 10 heteroatoms. The van der Waals surface area contributed by atoms with Crippen LogP contribution in [0.3, 0.4) is 0 Å². The number of hydrogen-bond donors (Lipinski definition) is 8. The highest BCUT2D eigenvalue weighted by Gasteiger charge is 2.47. The SMILES string of the molecule is COC1O[C@H](CO)C(NC2C=C(CO)C(O)[C@@H](O)C2O)[C@H](O)C1O. The van der Waals surface area contributed by atoms with E-state index >= 15 is 0 Å². The van der Waals surface area contributed by atoms with Gasteiger partial charge in [-0.1, -0.05) is 6.08 Å². The number of nitrogens with one attached hydrogen (secondary N) is 1. The molecule has 1 aliphatic carbocycles. The molecule has 6 unspecified atom stereocenters. The molecule has 0 spiro atoms. The first-order chi connectivity index (χ1) is 11.3. The number of ether oxygens (including phenoxy) is 2. The Morgan fingerprint density at radius 2 is 1.71 bits per heavy atom. The third kappa shape index (κ3) is 3.63. The van der Waals surface area contributed by atoms with Gasteiger partial charge in [-0.25, -0.2) is 0 Å². The molecule has 0 amide bonds. The number of aliphatic hydroxyl groups is 7. The second-order valence-electron chi connectivity index (χ2n) is 5.99. The Hall–Kier alpha value is -0.660. The molecule has 0 radical (unpaired) electrons. The van der Waals surface area contributed by atoms with Crippen LogP contribution in [0.15, 0.2) is 11.6 Å². The molecule has 10 nitrogen and oxygen atoms in total.